The van der Waals surface area contributed by atoms with Gasteiger partial charge in [0.15, 0.2) is 5.82 Å². The molecule has 162 valence electrons. The maximum absolute atomic E-state index is 13.5. The maximum Gasteiger partial charge on any atom is 0.416 e. The van der Waals surface area contributed by atoms with Gasteiger partial charge in [-0.25, -0.2) is 4.98 Å². The Kier molecular flexibility index (Phi) is 4.75. The molecule has 1 aliphatic carbocycles. The van der Waals surface area contributed by atoms with E-state index in [4.69, 9.17) is 0 Å². The van der Waals surface area contributed by atoms with Crippen LogP contribution in [0.15, 0.2) is 42.7 Å². The third-order valence-electron chi connectivity index (χ3n) is 6.57. The average Bonchev–Trinajstić information content (AvgIpc) is 3.42. The Morgan fingerprint density at radius 2 is 1.90 bits per heavy atom. The van der Waals surface area contributed by atoms with E-state index >= 15 is 0 Å². The molecule has 0 radical (unpaired) electrons. The summed E-state index contributed by atoms with van der Waals surface area (Å²) in [5.41, 5.74) is 1.77. The van der Waals surface area contributed by atoms with Gasteiger partial charge in [0.05, 0.1) is 11.6 Å². The van der Waals surface area contributed by atoms with Gasteiger partial charge < -0.3 is 4.90 Å². The molecule has 3 atom stereocenters. The van der Waals surface area contributed by atoms with E-state index in [1.54, 1.807) is 13.3 Å². The molecule has 0 bridgehead atoms. The summed E-state index contributed by atoms with van der Waals surface area (Å²) in [4.78, 5) is 6.52. The van der Waals surface area contributed by atoms with Crippen LogP contribution in [0.25, 0.3) is 5.69 Å². The number of halogens is 3. The standard InChI is InChI=1S/C23H24F3N5/c1-14-5-3-7-18(9-14)31-13-27-29-22(31)21-19-8-4-6-16(19)12-30(21)20-11-17(23(24,25)26)10-15(2)28-20/h3,5,7,9-11,13,16,19,21H,4,6,8,12H2,1-2H3/t16-,19-,21-/m0/s1. The highest BCUT2D eigenvalue weighted by Gasteiger charge is 2.48. The summed E-state index contributed by atoms with van der Waals surface area (Å²) in [5.74, 6) is 1.87. The zero-order chi connectivity index (χ0) is 21.8. The topological polar surface area (TPSA) is 46.8 Å². The van der Waals surface area contributed by atoms with Crippen LogP contribution in [0.5, 0.6) is 0 Å². The number of nitrogens with zero attached hydrogens (tertiary/aromatic N) is 5. The number of aromatic nitrogens is 4. The molecule has 5 rings (SSSR count). The molecule has 1 aromatic carbocycles. The molecule has 1 aliphatic heterocycles. The van der Waals surface area contributed by atoms with Gasteiger partial charge in [0.1, 0.15) is 12.1 Å². The predicted molar refractivity (Wildman–Crippen MR) is 111 cm³/mol. The lowest BCUT2D eigenvalue weighted by Gasteiger charge is -2.29. The lowest BCUT2D eigenvalue weighted by Crippen LogP contribution is -2.29. The van der Waals surface area contributed by atoms with E-state index in [0.717, 1.165) is 42.4 Å². The second-order valence-corrected chi connectivity index (χ2v) is 8.70. The van der Waals surface area contributed by atoms with Crippen molar-refractivity contribution in [3.05, 3.63) is 65.4 Å². The molecule has 2 aromatic heterocycles. The molecule has 3 heterocycles. The number of rotatable bonds is 3. The van der Waals surface area contributed by atoms with Crippen molar-refractivity contribution < 1.29 is 13.2 Å². The molecule has 2 aliphatic rings. The van der Waals surface area contributed by atoms with Crippen LogP contribution in [-0.4, -0.2) is 26.3 Å². The van der Waals surface area contributed by atoms with Crippen LogP contribution in [0, 0.1) is 25.7 Å². The van der Waals surface area contributed by atoms with Crippen LogP contribution in [-0.2, 0) is 6.18 Å². The van der Waals surface area contributed by atoms with Crippen LogP contribution in [0.4, 0.5) is 19.0 Å². The molecule has 1 saturated carbocycles. The highest BCUT2D eigenvalue weighted by atomic mass is 19.4. The van der Waals surface area contributed by atoms with Crippen molar-refractivity contribution in [2.45, 2.75) is 45.3 Å². The fourth-order valence-electron chi connectivity index (χ4n) is 5.26. The van der Waals surface area contributed by atoms with Crippen molar-refractivity contribution in [2.75, 3.05) is 11.4 Å². The summed E-state index contributed by atoms with van der Waals surface area (Å²) in [6.45, 7) is 4.32. The Hall–Kier alpha value is -2.90. The van der Waals surface area contributed by atoms with Crippen LogP contribution >= 0.6 is 0 Å². The van der Waals surface area contributed by atoms with Crippen molar-refractivity contribution in [1.82, 2.24) is 19.7 Å². The van der Waals surface area contributed by atoms with E-state index in [-0.39, 0.29) is 6.04 Å². The summed E-state index contributed by atoms with van der Waals surface area (Å²) < 4.78 is 42.4. The van der Waals surface area contributed by atoms with Crippen molar-refractivity contribution in [3.63, 3.8) is 0 Å². The van der Waals surface area contributed by atoms with Crippen molar-refractivity contribution >= 4 is 5.82 Å². The zero-order valence-corrected chi connectivity index (χ0v) is 17.5. The minimum Gasteiger partial charge on any atom is -0.346 e. The van der Waals surface area contributed by atoms with E-state index in [9.17, 15) is 13.2 Å². The summed E-state index contributed by atoms with van der Waals surface area (Å²) in [5, 5.41) is 8.63. The molecule has 0 unspecified atom stereocenters. The van der Waals surface area contributed by atoms with Gasteiger partial charge in [-0.3, -0.25) is 4.57 Å². The normalized spacial score (nSPS) is 23.4. The Balaban J connectivity index is 1.61. The van der Waals surface area contributed by atoms with Crippen molar-refractivity contribution in [3.8, 4) is 5.69 Å². The lowest BCUT2D eigenvalue weighted by atomic mass is 9.93. The van der Waals surface area contributed by atoms with Crippen molar-refractivity contribution in [1.29, 1.82) is 0 Å². The maximum atomic E-state index is 13.5. The Labute approximate surface area is 178 Å². The first kappa shape index (κ1) is 20.0. The van der Waals surface area contributed by atoms with Gasteiger partial charge in [0.2, 0.25) is 0 Å². The number of hydrogen-bond acceptors (Lipinski definition) is 4. The minimum absolute atomic E-state index is 0.161. The van der Waals surface area contributed by atoms with Crippen molar-refractivity contribution in [2.24, 2.45) is 11.8 Å². The van der Waals surface area contributed by atoms with Gasteiger partial charge in [-0.1, -0.05) is 18.6 Å². The minimum atomic E-state index is -4.41. The summed E-state index contributed by atoms with van der Waals surface area (Å²) >= 11 is 0. The molecular weight excluding hydrogens is 403 g/mol. The SMILES string of the molecule is Cc1cccc(-n2cnnc2[C@@H]2[C@H]3CCC[C@H]3CN2c2cc(C(F)(F)F)cc(C)n2)c1. The number of pyridine rings is 1. The van der Waals surface area contributed by atoms with E-state index in [0.29, 0.717) is 29.9 Å². The zero-order valence-electron chi connectivity index (χ0n) is 17.5. The number of benzene rings is 1. The number of hydrogen-bond donors (Lipinski definition) is 0. The highest BCUT2D eigenvalue weighted by molar-refractivity contribution is 5.48. The lowest BCUT2D eigenvalue weighted by molar-refractivity contribution is -0.137. The van der Waals surface area contributed by atoms with E-state index in [2.05, 4.69) is 21.2 Å². The number of anilines is 1. The number of fused-ring (bicyclic) bond motifs is 1. The molecule has 1 saturated heterocycles. The van der Waals surface area contributed by atoms with Crippen LogP contribution in [0.1, 0.15) is 47.9 Å². The third kappa shape index (κ3) is 3.58. The molecule has 8 heteroatoms. The Morgan fingerprint density at radius 3 is 2.68 bits per heavy atom. The first-order chi connectivity index (χ1) is 14.8. The predicted octanol–water partition coefficient (Wildman–Crippen LogP) is 5.28. The fourth-order valence-corrected chi connectivity index (χ4v) is 5.26. The molecule has 2 fully saturated rings. The second kappa shape index (κ2) is 7.35. The van der Waals surface area contributed by atoms with Gasteiger partial charge >= 0.3 is 6.18 Å². The van der Waals surface area contributed by atoms with E-state index in [1.165, 1.54) is 6.07 Å². The monoisotopic (exact) mass is 427 g/mol. The summed E-state index contributed by atoms with van der Waals surface area (Å²) in [6.07, 6.45) is 0.524. The summed E-state index contributed by atoms with van der Waals surface area (Å²) in [7, 11) is 0. The average molecular weight is 427 g/mol. The molecule has 0 amide bonds. The van der Waals surface area contributed by atoms with Crippen LogP contribution < -0.4 is 4.90 Å². The largest absolute Gasteiger partial charge is 0.416 e. The molecule has 31 heavy (non-hydrogen) atoms. The first-order valence-corrected chi connectivity index (χ1v) is 10.6. The van der Waals surface area contributed by atoms with E-state index < -0.39 is 11.7 Å². The van der Waals surface area contributed by atoms with E-state index in [1.807, 2.05) is 34.6 Å². The number of alkyl halides is 3. The highest BCUT2D eigenvalue weighted by Crippen LogP contribution is 2.50. The molecule has 5 nitrogen and oxygen atoms in total. The third-order valence-corrected chi connectivity index (χ3v) is 6.57. The van der Waals surface area contributed by atoms with Gasteiger partial charge in [-0.05, 0) is 68.4 Å². The molecule has 0 N–H and O–H groups in total. The Bertz CT molecular complexity index is 1110. The second-order valence-electron chi connectivity index (χ2n) is 8.70. The van der Waals surface area contributed by atoms with Crippen LogP contribution in [0.2, 0.25) is 0 Å². The summed E-state index contributed by atoms with van der Waals surface area (Å²) in [6, 6.07) is 10.2. The number of aryl methyl sites for hydroxylation is 2. The molecule has 0 spiro atoms. The van der Waals surface area contributed by atoms with Gasteiger partial charge in [0.25, 0.3) is 0 Å². The van der Waals surface area contributed by atoms with Gasteiger partial charge in [0, 0.05) is 17.9 Å². The van der Waals surface area contributed by atoms with Gasteiger partial charge in [-0.2, -0.15) is 13.2 Å². The first-order valence-electron chi connectivity index (χ1n) is 10.6. The smallest absolute Gasteiger partial charge is 0.346 e. The fraction of sp³-hybridized carbons (Fsp3) is 0.435. The Morgan fingerprint density at radius 1 is 1.06 bits per heavy atom. The molecular formula is C23H24F3N5. The quantitative estimate of drug-likeness (QED) is 0.571. The molecule has 3 aromatic rings. The van der Waals surface area contributed by atoms with Gasteiger partial charge in [-0.15, -0.1) is 10.2 Å². The van der Waals surface area contributed by atoms with Crippen LogP contribution in [0.3, 0.4) is 0 Å².